The fourth-order valence-electron chi connectivity index (χ4n) is 3.75. The molecule has 0 saturated carbocycles. The molecule has 1 fully saturated rings. The van der Waals surface area contributed by atoms with Gasteiger partial charge in [0.1, 0.15) is 5.75 Å². The van der Waals surface area contributed by atoms with E-state index in [2.05, 4.69) is 5.32 Å². The van der Waals surface area contributed by atoms with Crippen LogP contribution in [0.2, 0.25) is 0 Å². The van der Waals surface area contributed by atoms with Crippen LogP contribution < -0.4 is 10.1 Å². The van der Waals surface area contributed by atoms with Crippen molar-refractivity contribution in [2.24, 2.45) is 0 Å². The van der Waals surface area contributed by atoms with E-state index in [-0.39, 0.29) is 11.8 Å². The number of hydrogen-bond donors (Lipinski definition) is 1. The third-order valence-corrected chi connectivity index (χ3v) is 5.42. The summed E-state index contributed by atoms with van der Waals surface area (Å²) >= 11 is 0. The number of rotatable bonds is 7. The molecule has 31 heavy (non-hydrogen) atoms. The Labute approximate surface area is 182 Å². The summed E-state index contributed by atoms with van der Waals surface area (Å²) in [4.78, 5) is 28.0. The average molecular weight is 415 g/mol. The summed E-state index contributed by atoms with van der Waals surface area (Å²) < 4.78 is 6.23. The lowest BCUT2D eigenvalue weighted by Gasteiger charge is -2.25. The molecule has 0 radical (unpaired) electrons. The Kier molecular flexibility index (Phi) is 6.62. The van der Waals surface area contributed by atoms with Crippen LogP contribution in [0, 0.1) is 0 Å². The number of benzene rings is 3. The number of nitrogens with one attached hydrogen (secondary N) is 1. The van der Waals surface area contributed by atoms with Crippen LogP contribution in [0.5, 0.6) is 5.75 Å². The molecule has 1 unspecified atom stereocenters. The Morgan fingerprint density at radius 2 is 1.45 bits per heavy atom. The third-order valence-electron chi connectivity index (χ3n) is 5.42. The van der Waals surface area contributed by atoms with E-state index in [1.54, 1.807) is 18.2 Å². The molecule has 0 aliphatic carbocycles. The monoisotopic (exact) mass is 414 g/mol. The maximum absolute atomic E-state index is 13.2. The van der Waals surface area contributed by atoms with Crippen molar-refractivity contribution in [1.29, 1.82) is 0 Å². The van der Waals surface area contributed by atoms with E-state index in [1.807, 2.05) is 71.6 Å². The number of likely N-dealkylation sites (tertiary alicyclic amines) is 1. The molecule has 5 nitrogen and oxygen atoms in total. The van der Waals surface area contributed by atoms with Gasteiger partial charge in [-0.3, -0.25) is 9.59 Å². The van der Waals surface area contributed by atoms with Crippen molar-refractivity contribution >= 4 is 11.8 Å². The number of ether oxygens (including phenoxy) is 1. The van der Waals surface area contributed by atoms with E-state index >= 15 is 0 Å². The van der Waals surface area contributed by atoms with Gasteiger partial charge >= 0.3 is 0 Å². The van der Waals surface area contributed by atoms with Crippen molar-refractivity contribution in [3.05, 3.63) is 102 Å². The second-order valence-corrected chi connectivity index (χ2v) is 7.61. The number of carbonyl (C=O) groups excluding carboxylic acids is 2. The average Bonchev–Trinajstić information content (AvgIpc) is 3.37. The first-order chi connectivity index (χ1) is 15.2. The number of nitrogens with zero attached hydrogens (tertiary/aromatic N) is 1. The first-order valence-electron chi connectivity index (χ1n) is 10.6. The Balaban J connectivity index is 1.56. The highest BCUT2D eigenvalue weighted by Gasteiger charge is 2.30. The molecule has 4 rings (SSSR count). The van der Waals surface area contributed by atoms with E-state index in [4.69, 9.17) is 4.74 Å². The molecule has 5 heteroatoms. The SMILES string of the molecule is O=C(NCc1ccccc1)c1ccccc1OC(C(=O)N1CCCC1)c1ccccc1. The van der Waals surface area contributed by atoms with Gasteiger partial charge in [0.25, 0.3) is 11.8 Å². The van der Waals surface area contributed by atoms with Gasteiger partial charge in [0.2, 0.25) is 6.10 Å². The van der Waals surface area contributed by atoms with Gasteiger partial charge < -0.3 is 15.0 Å². The molecule has 2 amide bonds. The Morgan fingerprint density at radius 1 is 0.839 bits per heavy atom. The highest BCUT2D eigenvalue weighted by atomic mass is 16.5. The van der Waals surface area contributed by atoms with Crippen molar-refractivity contribution in [1.82, 2.24) is 10.2 Å². The second-order valence-electron chi connectivity index (χ2n) is 7.61. The van der Waals surface area contributed by atoms with Crippen LogP contribution in [-0.4, -0.2) is 29.8 Å². The van der Waals surface area contributed by atoms with E-state index in [0.717, 1.165) is 37.1 Å². The molecular weight excluding hydrogens is 388 g/mol. The van der Waals surface area contributed by atoms with Gasteiger partial charge in [0, 0.05) is 25.2 Å². The summed E-state index contributed by atoms with van der Waals surface area (Å²) in [6.07, 6.45) is 1.22. The van der Waals surface area contributed by atoms with Crippen LogP contribution in [0.4, 0.5) is 0 Å². The standard InChI is InChI=1S/C26H26N2O3/c29-25(27-19-20-11-3-1-4-12-20)22-15-7-8-16-23(22)31-24(21-13-5-2-6-14-21)26(30)28-17-9-10-18-28/h1-8,11-16,24H,9-10,17-19H2,(H,27,29). The van der Waals surface area contributed by atoms with Gasteiger partial charge in [-0.2, -0.15) is 0 Å². The molecule has 158 valence electrons. The normalized spacial score (nSPS) is 14.1. The first-order valence-corrected chi connectivity index (χ1v) is 10.6. The predicted molar refractivity (Wildman–Crippen MR) is 120 cm³/mol. The molecule has 0 spiro atoms. The smallest absolute Gasteiger partial charge is 0.268 e. The van der Waals surface area contributed by atoms with Crippen molar-refractivity contribution < 1.29 is 14.3 Å². The van der Waals surface area contributed by atoms with Gasteiger partial charge in [0.15, 0.2) is 0 Å². The maximum atomic E-state index is 13.2. The quantitative estimate of drug-likeness (QED) is 0.625. The lowest BCUT2D eigenvalue weighted by molar-refractivity contribution is -0.138. The topological polar surface area (TPSA) is 58.6 Å². The highest BCUT2D eigenvalue weighted by molar-refractivity contribution is 5.97. The summed E-state index contributed by atoms with van der Waals surface area (Å²) in [6, 6.07) is 26.3. The van der Waals surface area contributed by atoms with Crippen LogP contribution in [0.1, 0.15) is 40.4 Å². The fourth-order valence-corrected chi connectivity index (χ4v) is 3.75. The van der Waals surface area contributed by atoms with Crippen molar-refractivity contribution in [2.75, 3.05) is 13.1 Å². The lowest BCUT2D eigenvalue weighted by Crippen LogP contribution is -2.35. The van der Waals surface area contributed by atoms with Crippen LogP contribution in [0.3, 0.4) is 0 Å². The minimum Gasteiger partial charge on any atom is -0.475 e. The minimum absolute atomic E-state index is 0.0665. The lowest BCUT2D eigenvalue weighted by atomic mass is 10.1. The zero-order valence-corrected chi connectivity index (χ0v) is 17.4. The van der Waals surface area contributed by atoms with Crippen LogP contribution in [0.15, 0.2) is 84.9 Å². The molecule has 0 bridgehead atoms. The molecule has 3 aromatic rings. The third kappa shape index (κ3) is 5.12. The summed E-state index contributed by atoms with van der Waals surface area (Å²) in [6.45, 7) is 1.90. The van der Waals surface area contributed by atoms with Gasteiger partial charge in [-0.25, -0.2) is 0 Å². The maximum Gasteiger partial charge on any atom is 0.268 e. The van der Waals surface area contributed by atoms with Crippen LogP contribution in [0.25, 0.3) is 0 Å². The first kappa shape index (κ1) is 20.7. The van der Waals surface area contributed by atoms with Gasteiger partial charge in [-0.05, 0) is 30.5 Å². The molecule has 1 aliphatic rings. The van der Waals surface area contributed by atoms with E-state index in [9.17, 15) is 9.59 Å². The Morgan fingerprint density at radius 3 is 2.16 bits per heavy atom. The molecule has 0 aromatic heterocycles. The zero-order chi connectivity index (χ0) is 21.5. The molecule has 1 heterocycles. The van der Waals surface area contributed by atoms with E-state index in [1.165, 1.54) is 0 Å². The number of hydrogen-bond acceptors (Lipinski definition) is 3. The fraction of sp³-hybridized carbons (Fsp3) is 0.231. The Bertz CT molecular complexity index is 1020. The van der Waals surface area contributed by atoms with Crippen molar-refractivity contribution in [3.8, 4) is 5.75 Å². The zero-order valence-electron chi connectivity index (χ0n) is 17.4. The van der Waals surface area contributed by atoms with E-state index < -0.39 is 6.10 Å². The predicted octanol–water partition coefficient (Wildman–Crippen LogP) is 4.36. The molecule has 3 aromatic carbocycles. The molecule has 1 saturated heterocycles. The van der Waals surface area contributed by atoms with Crippen LogP contribution >= 0.6 is 0 Å². The highest BCUT2D eigenvalue weighted by Crippen LogP contribution is 2.28. The largest absolute Gasteiger partial charge is 0.475 e. The number of carbonyl (C=O) groups is 2. The van der Waals surface area contributed by atoms with Crippen molar-refractivity contribution in [2.45, 2.75) is 25.5 Å². The van der Waals surface area contributed by atoms with Gasteiger partial charge in [0.05, 0.1) is 5.56 Å². The molecule has 1 N–H and O–H groups in total. The summed E-state index contributed by atoms with van der Waals surface area (Å²) in [7, 11) is 0. The van der Waals surface area contributed by atoms with Crippen LogP contribution in [-0.2, 0) is 11.3 Å². The summed E-state index contributed by atoms with van der Waals surface area (Å²) in [5.41, 5.74) is 2.20. The second kappa shape index (κ2) is 9.94. The molecular formula is C26H26N2O3. The van der Waals surface area contributed by atoms with Gasteiger partial charge in [-0.1, -0.05) is 72.8 Å². The van der Waals surface area contributed by atoms with Gasteiger partial charge in [-0.15, -0.1) is 0 Å². The number of amides is 2. The summed E-state index contributed by atoms with van der Waals surface area (Å²) in [5, 5.41) is 2.94. The Hall–Kier alpha value is -3.60. The van der Waals surface area contributed by atoms with Crippen molar-refractivity contribution in [3.63, 3.8) is 0 Å². The summed E-state index contributed by atoms with van der Waals surface area (Å²) in [5.74, 6) is 0.0949. The molecule has 1 aliphatic heterocycles. The van der Waals surface area contributed by atoms with E-state index in [0.29, 0.717) is 17.9 Å². The number of para-hydroxylation sites is 1. The minimum atomic E-state index is -0.789. The molecule has 1 atom stereocenters.